The van der Waals surface area contributed by atoms with Gasteiger partial charge in [-0.3, -0.25) is 4.98 Å². The summed E-state index contributed by atoms with van der Waals surface area (Å²) in [6.45, 7) is 3.39. The van der Waals surface area contributed by atoms with Crippen molar-refractivity contribution >= 4 is 18.6 Å². The van der Waals surface area contributed by atoms with E-state index in [4.69, 9.17) is 5.11 Å². The maximum absolute atomic E-state index is 10.4. The van der Waals surface area contributed by atoms with Gasteiger partial charge in [-0.25, -0.2) is 9.78 Å². The van der Waals surface area contributed by atoms with Crippen LogP contribution in [0, 0.1) is 0 Å². The molecule has 0 bridgehead atoms. The average Bonchev–Trinajstić information content (AvgIpc) is 2.08. The second-order valence-electron chi connectivity index (χ2n) is 2.45. The van der Waals surface area contributed by atoms with Gasteiger partial charge in [0.2, 0.25) is 0 Å². The van der Waals surface area contributed by atoms with Gasteiger partial charge in [-0.1, -0.05) is 6.58 Å². The molecule has 1 N–H and O–H groups in total. The molecule has 0 saturated carbocycles. The highest BCUT2D eigenvalue weighted by atomic mass is 32.1. The maximum atomic E-state index is 10.4. The van der Waals surface area contributed by atoms with E-state index in [1.807, 2.05) is 0 Å². The normalized spacial score (nSPS) is 9.62. The van der Waals surface area contributed by atoms with Gasteiger partial charge in [0.05, 0.1) is 18.1 Å². The molecule has 68 valence electrons. The number of thiol groups is 1. The lowest BCUT2D eigenvalue weighted by Gasteiger charge is -1.99. The zero-order chi connectivity index (χ0) is 9.84. The molecule has 0 aromatic carbocycles. The fraction of sp³-hybridized carbons (Fsp3) is 0.125. The number of rotatable bonds is 3. The molecule has 1 aromatic rings. The number of carboxylic acid groups (broad SMARTS) is 1. The molecular formula is C8H8N2O2S. The monoisotopic (exact) mass is 196 g/mol. The lowest BCUT2D eigenvalue weighted by molar-refractivity contribution is -0.132. The van der Waals surface area contributed by atoms with Crippen molar-refractivity contribution in [2.45, 2.75) is 11.4 Å². The van der Waals surface area contributed by atoms with Crippen LogP contribution in [0.4, 0.5) is 0 Å². The second kappa shape index (κ2) is 4.04. The van der Waals surface area contributed by atoms with E-state index in [1.165, 1.54) is 12.4 Å². The minimum absolute atomic E-state index is 0.0983. The van der Waals surface area contributed by atoms with Crippen molar-refractivity contribution in [1.82, 2.24) is 9.97 Å². The lowest BCUT2D eigenvalue weighted by atomic mass is 10.2. The smallest absolute Gasteiger partial charge is 0.331 e. The molecule has 0 fully saturated rings. The van der Waals surface area contributed by atoms with Crippen LogP contribution in [-0.2, 0) is 11.2 Å². The van der Waals surface area contributed by atoms with Crippen LogP contribution < -0.4 is 0 Å². The van der Waals surface area contributed by atoms with E-state index < -0.39 is 5.97 Å². The molecular weight excluding hydrogens is 188 g/mol. The Labute approximate surface area is 80.8 Å². The molecule has 5 heteroatoms. The molecule has 0 aliphatic heterocycles. The minimum Gasteiger partial charge on any atom is -0.478 e. The van der Waals surface area contributed by atoms with E-state index in [2.05, 4.69) is 29.2 Å². The van der Waals surface area contributed by atoms with Crippen molar-refractivity contribution < 1.29 is 9.90 Å². The fourth-order valence-corrected chi connectivity index (χ4v) is 0.849. The molecule has 0 spiro atoms. The summed E-state index contributed by atoms with van der Waals surface area (Å²) < 4.78 is 0. The van der Waals surface area contributed by atoms with Crippen LogP contribution in [0.5, 0.6) is 0 Å². The Balaban J connectivity index is 2.70. The van der Waals surface area contributed by atoms with Crippen molar-refractivity contribution in [2.75, 3.05) is 0 Å². The standard InChI is InChI=1S/C8H8N2O2S/c1-5(8(11)12)2-6-3-10-7(13)4-9-6/h3-4H,1-2H2,(H,10,13)(H,11,12). The molecule has 0 amide bonds. The van der Waals surface area contributed by atoms with Crippen molar-refractivity contribution in [3.8, 4) is 0 Å². The van der Waals surface area contributed by atoms with Crippen LogP contribution >= 0.6 is 12.6 Å². The highest BCUT2D eigenvalue weighted by Crippen LogP contribution is 2.04. The summed E-state index contributed by atoms with van der Waals surface area (Å²) in [4.78, 5) is 18.2. The van der Waals surface area contributed by atoms with Gasteiger partial charge >= 0.3 is 5.97 Å². The molecule has 0 radical (unpaired) electrons. The fourth-order valence-electron chi connectivity index (χ4n) is 0.733. The average molecular weight is 196 g/mol. The largest absolute Gasteiger partial charge is 0.478 e. The zero-order valence-electron chi connectivity index (χ0n) is 6.77. The molecule has 4 nitrogen and oxygen atoms in total. The number of hydrogen-bond donors (Lipinski definition) is 2. The van der Waals surface area contributed by atoms with Crippen molar-refractivity contribution in [3.63, 3.8) is 0 Å². The van der Waals surface area contributed by atoms with Gasteiger partial charge in [0.25, 0.3) is 0 Å². The van der Waals surface area contributed by atoms with Gasteiger partial charge in [-0.15, -0.1) is 12.6 Å². The molecule has 0 aliphatic rings. The highest BCUT2D eigenvalue weighted by molar-refractivity contribution is 7.80. The Morgan fingerprint density at radius 3 is 2.69 bits per heavy atom. The first-order valence-electron chi connectivity index (χ1n) is 3.50. The number of carbonyl (C=O) groups is 1. The second-order valence-corrected chi connectivity index (χ2v) is 2.91. The number of aromatic nitrogens is 2. The van der Waals surface area contributed by atoms with Gasteiger partial charge in [-0.05, 0) is 0 Å². The van der Waals surface area contributed by atoms with Crippen molar-refractivity contribution in [1.29, 1.82) is 0 Å². The highest BCUT2D eigenvalue weighted by Gasteiger charge is 2.05. The number of hydrogen-bond acceptors (Lipinski definition) is 4. The summed E-state index contributed by atoms with van der Waals surface area (Å²) in [5, 5.41) is 9.04. The third kappa shape index (κ3) is 2.87. The van der Waals surface area contributed by atoms with Crippen LogP contribution in [0.25, 0.3) is 0 Å². The van der Waals surface area contributed by atoms with Crippen LogP contribution in [0.1, 0.15) is 5.69 Å². The van der Waals surface area contributed by atoms with Gasteiger partial charge in [-0.2, -0.15) is 0 Å². The van der Waals surface area contributed by atoms with E-state index in [1.54, 1.807) is 0 Å². The predicted molar refractivity (Wildman–Crippen MR) is 49.8 cm³/mol. The first-order valence-corrected chi connectivity index (χ1v) is 3.95. The topological polar surface area (TPSA) is 63.1 Å². The summed E-state index contributed by atoms with van der Waals surface area (Å²) in [6, 6.07) is 0. The minimum atomic E-state index is -1.02. The summed E-state index contributed by atoms with van der Waals surface area (Å²) in [6.07, 6.45) is 3.15. The van der Waals surface area contributed by atoms with Gasteiger partial charge in [0.15, 0.2) is 0 Å². The Morgan fingerprint density at radius 1 is 1.54 bits per heavy atom. The van der Waals surface area contributed by atoms with Gasteiger partial charge in [0, 0.05) is 12.0 Å². The first kappa shape index (κ1) is 9.73. The maximum Gasteiger partial charge on any atom is 0.331 e. The first-order chi connectivity index (χ1) is 6.09. The Kier molecular flexibility index (Phi) is 3.02. The summed E-state index contributed by atoms with van der Waals surface area (Å²) in [5.41, 5.74) is 0.673. The molecule has 1 aromatic heterocycles. The van der Waals surface area contributed by atoms with Gasteiger partial charge in [0.1, 0.15) is 5.03 Å². The molecule has 0 atom stereocenters. The third-order valence-corrected chi connectivity index (χ3v) is 1.62. The SMILES string of the molecule is C=C(Cc1cnc(S)cn1)C(=O)O. The van der Waals surface area contributed by atoms with E-state index in [9.17, 15) is 4.79 Å². The Hall–Kier alpha value is -1.36. The molecule has 0 aliphatic carbocycles. The quantitative estimate of drug-likeness (QED) is 0.558. The van der Waals surface area contributed by atoms with E-state index in [0.29, 0.717) is 10.7 Å². The van der Waals surface area contributed by atoms with E-state index in [-0.39, 0.29) is 12.0 Å². The van der Waals surface area contributed by atoms with Crippen molar-refractivity contribution in [3.05, 3.63) is 30.2 Å². The molecule has 0 unspecified atom stereocenters. The third-order valence-electron chi connectivity index (χ3n) is 1.39. The van der Waals surface area contributed by atoms with E-state index in [0.717, 1.165) is 0 Å². The van der Waals surface area contributed by atoms with Crippen LogP contribution in [0.15, 0.2) is 29.6 Å². The van der Waals surface area contributed by atoms with Crippen LogP contribution in [-0.4, -0.2) is 21.0 Å². The molecule has 1 rings (SSSR count). The number of nitrogens with zero attached hydrogens (tertiary/aromatic N) is 2. The van der Waals surface area contributed by atoms with Crippen LogP contribution in [0.2, 0.25) is 0 Å². The number of aliphatic carboxylic acids is 1. The lowest BCUT2D eigenvalue weighted by Crippen LogP contribution is -2.03. The molecule has 0 saturated heterocycles. The predicted octanol–water partition coefficient (Wildman–Crippen LogP) is 0.949. The Bertz CT molecular complexity index is 335. The summed E-state index contributed by atoms with van der Waals surface area (Å²) in [7, 11) is 0. The molecule has 1 heterocycles. The number of carboxylic acids is 1. The van der Waals surface area contributed by atoms with Crippen LogP contribution in [0.3, 0.4) is 0 Å². The van der Waals surface area contributed by atoms with Gasteiger partial charge < -0.3 is 5.11 Å². The summed E-state index contributed by atoms with van der Waals surface area (Å²) >= 11 is 3.95. The summed E-state index contributed by atoms with van der Waals surface area (Å²) in [5.74, 6) is -1.02. The van der Waals surface area contributed by atoms with Crippen molar-refractivity contribution in [2.24, 2.45) is 0 Å². The molecule has 13 heavy (non-hydrogen) atoms. The Morgan fingerprint density at radius 2 is 2.23 bits per heavy atom. The zero-order valence-corrected chi connectivity index (χ0v) is 7.66. The van der Waals surface area contributed by atoms with E-state index >= 15 is 0 Å².